The minimum atomic E-state index is 0.171. The number of hydrogen-bond donors (Lipinski definition) is 1. The third-order valence-electron chi connectivity index (χ3n) is 4.69. The maximum atomic E-state index is 12.2. The first-order valence-electron chi connectivity index (χ1n) is 7.39. The monoisotopic (exact) mass is 271 g/mol. The van der Waals surface area contributed by atoms with Crippen LogP contribution in [0.2, 0.25) is 0 Å². The molecule has 2 nitrogen and oxygen atoms in total. The molecule has 2 aliphatic rings. The number of carbonyl (C=O) groups excluding carboxylic acids is 1. The minimum Gasteiger partial charge on any atom is -0.355 e. The molecule has 0 aromatic carbocycles. The Hall–Kier alpha value is -0.240. The van der Waals surface area contributed by atoms with E-state index in [0.29, 0.717) is 29.5 Å². The normalized spacial score (nSPS) is 30.7. The standard InChI is InChI=1S/C15H26ClNO/c1-15(2,8-5-9-16)10-17-14(18)13-11-6-3-4-7-12(11)13/h11-13H,3-10H2,1-2H3,(H,17,18). The quantitative estimate of drug-likeness (QED) is 0.735. The van der Waals surface area contributed by atoms with E-state index < -0.39 is 0 Å². The average molecular weight is 272 g/mol. The van der Waals surface area contributed by atoms with Crippen molar-refractivity contribution in [2.45, 2.75) is 52.4 Å². The molecule has 104 valence electrons. The van der Waals surface area contributed by atoms with Crippen molar-refractivity contribution < 1.29 is 4.79 Å². The number of hydrogen-bond acceptors (Lipinski definition) is 1. The maximum Gasteiger partial charge on any atom is 0.223 e. The van der Waals surface area contributed by atoms with Gasteiger partial charge >= 0.3 is 0 Å². The molecule has 1 amide bonds. The summed E-state index contributed by atoms with van der Waals surface area (Å²) in [6.45, 7) is 5.21. The van der Waals surface area contributed by atoms with Crippen molar-refractivity contribution in [1.29, 1.82) is 0 Å². The Balaban J connectivity index is 1.72. The molecule has 2 saturated carbocycles. The summed E-state index contributed by atoms with van der Waals surface area (Å²) in [7, 11) is 0. The zero-order chi connectivity index (χ0) is 13.2. The molecule has 0 heterocycles. The zero-order valence-corrected chi connectivity index (χ0v) is 12.4. The molecule has 0 bridgehead atoms. The summed E-state index contributed by atoms with van der Waals surface area (Å²) in [4.78, 5) is 12.2. The Morgan fingerprint density at radius 2 is 1.89 bits per heavy atom. The van der Waals surface area contributed by atoms with Gasteiger partial charge in [-0.05, 0) is 42.9 Å². The van der Waals surface area contributed by atoms with Crippen molar-refractivity contribution in [3.63, 3.8) is 0 Å². The fourth-order valence-electron chi connectivity index (χ4n) is 3.46. The molecule has 3 heteroatoms. The second kappa shape index (κ2) is 5.81. The minimum absolute atomic E-state index is 0.171. The lowest BCUT2D eigenvalue weighted by Crippen LogP contribution is -2.35. The van der Waals surface area contributed by atoms with Gasteiger partial charge in [-0.2, -0.15) is 0 Å². The van der Waals surface area contributed by atoms with E-state index in [9.17, 15) is 4.79 Å². The van der Waals surface area contributed by atoms with Crippen molar-refractivity contribution in [3.8, 4) is 0 Å². The summed E-state index contributed by atoms with van der Waals surface area (Å²) in [5, 5.41) is 3.17. The van der Waals surface area contributed by atoms with Gasteiger partial charge in [-0.1, -0.05) is 26.7 Å². The third kappa shape index (κ3) is 3.40. The lowest BCUT2D eigenvalue weighted by molar-refractivity contribution is -0.123. The van der Waals surface area contributed by atoms with Crippen LogP contribution >= 0.6 is 11.6 Å². The van der Waals surface area contributed by atoms with Crippen molar-refractivity contribution in [3.05, 3.63) is 0 Å². The largest absolute Gasteiger partial charge is 0.355 e. The highest BCUT2D eigenvalue weighted by Gasteiger charge is 2.54. The lowest BCUT2D eigenvalue weighted by Gasteiger charge is -2.24. The van der Waals surface area contributed by atoms with Gasteiger partial charge in [0.05, 0.1) is 0 Å². The molecule has 2 aliphatic carbocycles. The van der Waals surface area contributed by atoms with E-state index in [0.717, 1.165) is 19.4 Å². The number of halogens is 1. The summed E-state index contributed by atoms with van der Waals surface area (Å²) < 4.78 is 0. The van der Waals surface area contributed by atoms with Crippen LogP contribution in [0.3, 0.4) is 0 Å². The Morgan fingerprint density at radius 1 is 1.28 bits per heavy atom. The van der Waals surface area contributed by atoms with Gasteiger partial charge < -0.3 is 5.32 Å². The van der Waals surface area contributed by atoms with E-state index in [4.69, 9.17) is 11.6 Å². The smallest absolute Gasteiger partial charge is 0.223 e. The van der Waals surface area contributed by atoms with E-state index in [1.807, 2.05) is 0 Å². The second-order valence-electron chi connectivity index (χ2n) is 6.81. The summed E-state index contributed by atoms with van der Waals surface area (Å²) in [5.74, 6) is 2.79. The van der Waals surface area contributed by atoms with Gasteiger partial charge in [-0.15, -0.1) is 11.6 Å². The molecule has 0 spiro atoms. The van der Waals surface area contributed by atoms with Crippen LogP contribution in [-0.2, 0) is 4.79 Å². The zero-order valence-electron chi connectivity index (χ0n) is 11.7. The van der Waals surface area contributed by atoms with Crippen LogP contribution in [0.5, 0.6) is 0 Å². The van der Waals surface area contributed by atoms with E-state index in [2.05, 4.69) is 19.2 Å². The molecule has 2 atom stereocenters. The van der Waals surface area contributed by atoms with Gasteiger partial charge in [0.1, 0.15) is 0 Å². The Labute approximate surface area is 116 Å². The summed E-state index contributed by atoms with van der Waals surface area (Å²) in [6, 6.07) is 0. The summed E-state index contributed by atoms with van der Waals surface area (Å²) >= 11 is 5.73. The van der Waals surface area contributed by atoms with Crippen molar-refractivity contribution in [2.75, 3.05) is 12.4 Å². The van der Waals surface area contributed by atoms with Crippen molar-refractivity contribution in [2.24, 2.45) is 23.2 Å². The number of alkyl halides is 1. The highest BCUT2D eigenvalue weighted by molar-refractivity contribution is 6.17. The fourth-order valence-corrected chi connectivity index (χ4v) is 3.59. The van der Waals surface area contributed by atoms with Gasteiger partial charge in [-0.3, -0.25) is 4.79 Å². The van der Waals surface area contributed by atoms with Gasteiger partial charge in [0.25, 0.3) is 0 Å². The first-order chi connectivity index (χ1) is 8.55. The molecule has 0 aromatic heterocycles. The summed E-state index contributed by atoms with van der Waals surface area (Å²) in [6.07, 6.45) is 7.31. The SMILES string of the molecule is CC(C)(CCCCl)CNC(=O)C1C2CCCCC21. The van der Waals surface area contributed by atoms with Gasteiger partial charge in [-0.25, -0.2) is 0 Å². The topological polar surface area (TPSA) is 29.1 Å². The van der Waals surface area contributed by atoms with Crippen LogP contribution in [0.1, 0.15) is 52.4 Å². The Kier molecular flexibility index (Phi) is 4.58. The van der Waals surface area contributed by atoms with Crippen LogP contribution < -0.4 is 5.32 Å². The number of amides is 1. The van der Waals surface area contributed by atoms with Gasteiger partial charge in [0.2, 0.25) is 5.91 Å². The molecule has 2 fully saturated rings. The van der Waals surface area contributed by atoms with Crippen LogP contribution in [0, 0.1) is 23.2 Å². The van der Waals surface area contributed by atoms with Gasteiger partial charge in [0.15, 0.2) is 0 Å². The number of rotatable bonds is 6. The molecule has 2 rings (SSSR count). The van der Waals surface area contributed by atoms with Crippen LogP contribution in [0.4, 0.5) is 0 Å². The highest BCUT2D eigenvalue weighted by Crippen LogP contribution is 2.55. The van der Waals surface area contributed by atoms with Gasteiger partial charge in [0, 0.05) is 18.3 Å². The number of nitrogens with one attached hydrogen (secondary N) is 1. The van der Waals surface area contributed by atoms with E-state index in [1.165, 1.54) is 25.7 Å². The fraction of sp³-hybridized carbons (Fsp3) is 0.933. The van der Waals surface area contributed by atoms with Crippen LogP contribution in [-0.4, -0.2) is 18.3 Å². The molecule has 0 aliphatic heterocycles. The third-order valence-corrected chi connectivity index (χ3v) is 4.95. The van der Waals surface area contributed by atoms with Crippen LogP contribution in [0.15, 0.2) is 0 Å². The Bertz CT molecular complexity index is 291. The van der Waals surface area contributed by atoms with E-state index in [1.54, 1.807) is 0 Å². The number of carbonyl (C=O) groups is 1. The lowest BCUT2D eigenvalue weighted by atomic mass is 9.88. The maximum absolute atomic E-state index is 12.2. The highest BCUT2D eigenvalue weighted by atomic mass is 35.5. The molecule has 0 radical (unpaired) electrons. The van der Waals surface area contributed by atoms with E-state index >= 15 is 0 Å². The molecule has 0 saturated heterocycles. The molecule has 1 N–H and O–H groups in total. The molecular weight excluding hydrogens is 246 g/mol. The first kappa shape index (κ1) is 14.2. The second-order valence-corrected chi connectivity index (χ2v) is 7.19. The average Bonchev–Trinajstić information content (AvgIpc) is 3.08. The van der Waals surface area contributed by atoms with Crippen molar-refractivity contribution >= 4 is 17.5 Å². The number of fused-ring (bicyclic) bond motifs is 1. The van der Waals surface area contributed by atoms with Crippen molar-refractivity contribution in [1.82, 2.24) is 5.32 Å². The predicted molar refractivity (Wildman–Crippen MR) is 75.7 cm³/mol. The molecule has 0 aromatic rings. The summed E-state index contributed by atoms with van der Waals surface area (Å²) in [5.41, 5.74) is 0.171. The molecule has 18 heavy (non-hydrogen) atoms. The molecule has 2 unspecified atom stereocenters. The van der Waals surface area contributed by atoms with Crippen LogP contribution in [0.25, 0.3) is 0 Å². The molecular formula is C15H26ClNO. The first-order valence-corrected chi connectivity index (χ1v) is 7.92. The Morgan fingerprint density at radius 3 is 2.44 bits per heavy atom. The van der Waals surface area contributed by atoms with E-state index in [-0.39, 0.29) is 5.41 Å². The predicted octanol–water partition coefficient (Wildman–Crippen LogP) is 3.58.